The van der Waals surface area contributed by atoms with Gasteiger partial charge in [0.15, 0.2) is 11.5 Å². The molecule has 1 amide bonds. The Balaban J connectivity index is 2.19. The van der Waals surface area contributed by atoms with Crippen LogP contribution in [-0.4, -0.2) is 29.8 Å². The number of hydrogen-bond donors (Lipinski definition) is 1. The van der Waals surface area contributed by atoms with Gasteiger partial charge in [-0.3, -0.25) is 4.79 Å². The Morgan fingerprint density at radius 1 is 1.38 bits per heavy atom. The van der Waals surface area contributed by atoms with Crippen molar-refractivity contribution >= 4 is 5.91 Å². The van der Waals surface area contributed by atoms with Crippen molar-refractivity contribution in [2.45, 2.75) is 19.8 Å². The molecule has 1 heterocycles. The Kier molecular flexibility index (Phi) is 4.76. The first kappa shape index (κ1) is 14.8. The van der Waals surface area contributed by atoms with Crippen LogP contribution in [0.25, 0.3) is 11.4 Å². The van der Waals surface area contributed by atoms with Crippen molar-refractivity contribution in [3.05, 3.63) is 24.1 Å². The average Bonchev–Trinajstić information content (AvgIpc) is 2.94. The SMILES string of the molecule is CCOc1ccc(-c2noc(CCC(N)=O)n2)cc1OC. The fourth-order valence-electron chi connectivity index (χ4n) is 1.79. The van der Waals surface area contributed by atoms with E-state index in [0.717, 1.165) is 5.56 Å². The summed E-state index contributed by atoms with van der Waals surface area (Å²) in [5, 5.41) is 3.88. The highest BCUT2D eigenvalue weighted by atomic mass is 16.5. The highest BCUT2D eigenvalue weighted by Gasteiger charge is 2.12. The van der Waals surface area contributed by atoms with Gasteiger partial charge >= 0.3 is 0 Å². The zero-order valence-electron chi connectivity index (χ0n) is 12.0. The molecule has 1 aromatic heterocycles. The average molecular weight is 291 g/mol. The molecule has 2 rings (SSSR count). The van der Waals surface area contributed by atoms with Gasteiger partial charge in [0.25, 0.3) is 0 Å². The number of ether oxygens (including phenoxy) is 2. The van der Waals surface area contributed by atoms with Gasteiger partial charge in [-0.2, -0.15) is 4.98 Å². The topological polar surface area (TPSA) is 100 Å². The second-order valence-corrected chi connectivity index (χ2v) is 4.28. The molecule has 0 aliphatic rings. The minimum absolute atomic E-state index is 0.175. The second-order valence-electron chi connectivity index (χ2n) is 4.28. The number of hydrogen-bond acceptors (Lipinski definition) is 6. The van der Waals surface area contributed by atoms with E-state index in [1.54, 1.807) is 19.2 Å². The highest BCUT2D eigenvalue weighted by Crippen LogP contribution is 2.31. The van der Waals surface area contributed by atoms with E-state index in [-0.39, 0.29) is 6.42 Å². The zero-order valence-corrected chi connectivity index (χ0v) is 12.0. The minimum atomic E-state index is -0.405. The van der Waals surface area contributed by atoms with Crippen molar-refractivity contribution in [2.75, 3.05) is 13.7 Å². The summed E-state index contributed by atoms with van der Waals surface area (Å²) < 4.78 is 15.8. The predicted molar refractivity (Wildman–Crippen MR) is 75.0 cm³/mol. The monoisotopic (exact) mass is 291 g/mol. The van der Waals surface area contributed by atoms with E-state index in [4.69, 9.17) is 19.7 Å². The maximum Gasteiger partial charge on any atom is 0.227 e. The lowest BCUT2D eigenvalue weighted by Gasteiger charge is -2.09. The van der Waals surface area contributed by atoms with E-state index in [1.807, 2.05) is 13.0 Å². The third-order valence-corrected chi connectivity index (χ3v) is 2.78. The Morgan fingerprint density at radius 3 is 2.86 bits per heavy atom. The lowest BCUT2D eigenvalue weighted by atomic mass is 10.2. The molecule has 0 bridgehead atoms. The van der Waals surface area contributed by atoms with E-state index >= 15 is 0 Å². The number of methoxy groups -OCH3 is 1. The number of amides is 1. The molecular weight excluding hydrogens is 274 g/mol. The molecule has 0 saturated carbocycles. The number of nitrogens with zero attached hydrogens (tertiary/aromatic N) is 2. The number of carbonyl (C=O) groups is 1. The molecule has 0 spiro atoms. The number of carbonyl (C=O) groups excluding carboxylic acids is 1. The maximum atomic E-state index is 10.7. The third kappa shape index (κ3) is 3.71. The van der Waals surface area contributed by atoms with Crippen LogP contribution in [0, 0.1) is 0 Å². The van der Waals surface area contributed by atoms with E-state index in [0.29, 0.717) is 36.2 Å². The molecule has 112 valence electrons. The number of aromatic nitrogens is 2. The Hall–Kier alpha value is -2.57. The van der Waals surface area contributed by atoms with Gasteiger partial charge in [-0.05, 0) is 25.1 Å². The molecule has 0 saturated heterocycles. The lowest BCUT2D eigenvalue weighted by molar-refractivity contribution is -0.118. The molecule has 1 aromatic carbocycles. The van der Waals surface area contributed by atoms with Crippen LogP contribution in [0.4, 0.5) is 0 Å². The summed E-state index contributed by atoms with van der Waals surface area (Å²) in [4.78, 5) is 15.0. The van der Waals surface area contributed by atoms with Crippen LogP contribution in [-0.2, 0) is 11.2 Å². The molecule has 0 radical (unpaired) electrons. The van der Waals surface area contributed by atoms with E-state index < -0.39 is 5.91 Å². The van der Waals surface area contributed by atoms with Crippen LogP contribution in [0.1, 0.15) is 19.2 Å². The van der Waals surface area contributed by atoms with E-state index in [1.165, 1.54) is 0 Å². The molecule has 0 aliphatic carbocycles. The van der Waals surface area contributed by atoms with Gasteiger partial charge < -0.3 is 19.7 Å². The van der Waals surface area contributed by atoms with Gasteiger partial charge in [0.05, 0.1) is 13.7 Å². The van der Waals surface area contributed by atoms with Gasteiger partial charge in [0.2, 0.25) is 17.6 Å². The fourth-order valence-corrected chi connectivity index (χ4v) is 1.79. The van der Waals surface area contributed by atoms with Crippen molar-refractivity contribution in [3.8, 4) is 22.9 Å². The van der Waals surface area contributed by atoms with Crippen LogP contribution < -0.4 is 15.2 Å². The molecule has 0 unspecified atom stereocenters. The van der Waals surface area contributed by atoms with Gasteiger partial charge in [0, 0.05) is 18.4 Å². The van der Waals surface area contributed by atoms with Crippen LogP contribution in [0.5, 0.6) is 11.5 Å². The largest absolute Gasteiger partial charge is 0.493 e. The molecule has 2 N–H and O–H groups in total. The number of nitrogens with two attached hydrogens (primary N) is 1. The van der Waals surface area contributed by atoms with Gasteiger partial charge in [-0.25, -0.2) is 0 Å². The van der Waals surface area contributed by atoms with E-state index in [2.05, 4.69) is 10.1 Å². The van der Waals surface area contributed by atoms with Gasteiger partial charge in [0.1, 0.15) is 0 Å². The van der Waals surface area contributed by atoms with E-state index in [9.17, 15) is 4.79 Å². The fraction of sp³-hybridized carbons (Fsp3) is 0.357. The lowest BCUT2D eigenvalue weighted by Crippen LogP contribution is -2.11. The summed E-state index contributed by atoms with van der Waals surface area (Å²) in [5.41, 5.74) is 5.82. The maximum absolute atomic E-state index is 10.7. The van der Waals surface area contributed by atoms with Crippen LogP contribution in [0.15, 0.2) is 22.7 Å². The summed E-state index contributed by atoms with van der Waals surface area (Å²) >= 11 is 0. The first-order valence-corrected chi connectivity index (χ1v) is 6.56. The van der Waals surface area contributed by atoms with Gasteiger partial charge in [-0.15, -0.1) is 0 Å². The summed E-state index contributed by atoms with van der Waals surface area (Å²) in [6.45, 7) is 2.45. The third-order valence-electron chi connectivity index (χ3n) is 2.78. The smallest absolute Gasteiger partial charge is 0.227 e. The van der Waals surface area contributed by atoms with Crippen molar-refractivity contribution in [1.29, 1.82) is 0 Å². The minimum Gasteiger partial charge on any atom is -0.493 e. The zero-order chi connectivity index (χ0) is 15.2. The molecule has 0 aliphatic heterocycles. The summed E-state index contributed by atoms with van der Waals surface area (Å²) in [6.07, 6.45) is 0.505. The molecule has 7 heteroatoms. The molecule has 0 atom stereocenters. The van der Waals surface area contributed by atoms with Crippen molar-refractivity contribution < 1.29 is 18.8 Å². The van der Waals surface area contributed by atoms with Crippen molar-refractivity contribution in [1.82, 2.24) is 10.1 Å². The number of primary amides is 1. The summed E-state index contributed by atoms with van der Waals surface area (Å²) in [6, 6.07) is 5.38. The Labute approximate surface area is 122 Å². The molecule has 21 heavy (non-hydrogen) atoms. The van der Waals surface area contributed by atoms with Gasteiger partial charge in [-0.1, -0.05) is 5.16 Å². The second kappa shape index (κ2) is 6.74. The first-order valence-electron chi connectivity index (χ1n) is 6.56. The normalized spacial score (nSPS) is 10.4. The first-order chi connectivity index (χ1) is 10.1. The summed E-state index contributed by atoms with van der Waals surface area (Å²) in [5.74, 6) is 1.64. The summed E-state index contributed by atoms with van der Waals surface area (Å²) in [7, 11) is 1.57. The number of rotatable bonds is 7. The standard InChI is InChI=1S/C14H17N3O4/c1-3-20-10-5-4-9(8-11(10)19-2)14-16-13(21-17-14)7-6-12(15)18/h4-5,8H,3,6-7H2,1-2H3,(H2,15,18). The molecular formula is C14H17N3O4. The van der Waals surface area contributed by atoms with Crippen LogP contribution in [0.3, 0.4) is 0 Å². The van der Waals surface area contributed by atoms with Crippen LogP contribution in [0.2, 0.25) is 0 Å². The number of benzene rings is 1. The van der Waals surface area contributed by atoms with Crippen LogP contribution >= 0.6 is 0 Å². The molecule has 7 nitrogen and oxygen atoms in total. The number of aryl methyl sites for hydroxylation is 1. The Morgan fingerprint density at radius 2 is 2.19 bits per heavy atom. The van der Waals surface area contributed by atoms with Crippen molar-refractivity contribution in [2.24, 2.45) is 5.73 Å². The molecule has 2 aromatic rings. The van der Waals surface area contributed by atoms with Crippen molar-refractivity contribution in [3.63, 3.8) is 0 Å². The Bertz CT molecular complexity index is 624. The highest BCUT2D eigenvalue weighted by molar-refractivity contribution is 5.73. The predicted octanol–water partition coefficient (Wildman–Crippen LogP) is 1.56. The molecule has 0 fully saturated rings. The quantitative estimate of drug-likeness (QED) is 0.830.